The molecule has 0 spiro atoms. The molecule has 0 aliphatic rings. The van der Waals surface area contributed by atoms with Gasteiger partial charge >= 0.3 is 0 Å². The van der Waals surface area contributed by atoms with E-state index in [1.165, 1.54) is 0 Å². The predicted molar refractivity (Wildman–Crippen MR) is 71.0 cm³/mol. The second-order valence-corrected chi connectivity index (χ2v) is 4.06. The van der Waals surface area contributed by atoms with Crippen LogP contribution < -0.4 is 5.32 Å². The van der Waals surface area contributed by atoms with Crippen molar-refractivity contribution in [3.05, 3.63) is 41.6 Å². The zero-order chi connectivity index (χ0) is 11.3. The highest BCUT2D eigenvalue weighted by Gasteiger charge is 2.03. The highest BCUT2D eigenvalue weighted by molar-refractivity contribution is 7.79. The molecule has 0 heterocycles. The summed E-state index contributed by atoms with van der Waals surface area (Å²) in [5.41, 5.74) is 3.39. The average Bonchev–Trinajstić information content (AvgIpc) is 2.19. The molecule has 0 fully saturated rings. The molecule has 0 amide bonds. The minimum absolute atomic E-state index is 0.429. The van der Waals surface area contributed by atoms with Gasteiger partial charge in [-0.25, -0.2) is 0 Å². The van der Waals surface area contributed by atoms with Crippen molar-refractivity contribution in [2.24, 2.45) is 0 Å². The van der Waals surface area contributed by atoms with Crippen molar-refractivity contribution in [1.29, 1.82) is 0 Å². The fraction of sp³-hybridized carbons (Fsp3) is 0.308. The lowest BCUT2D eigenvalue weighted by Crippen LogP contribution is -2.21. The SMILES string of the molecule is CC(NC(C)C)=C(C=S)c1ccccc1. The van der Waals surface area contributed by atoms with Gasteiger partial charge in [-0.2, -0.15) is 0 Å². The van der Waals surface area contributed by atoms with Gasteiger partial charge in [0.2, 0.25) is 0 Å². The maximum atomic E-state index is 5.06. The molecular weight excluding hydrogens is 202 g/mol. The Balaban J connectivity index is 3.02. The predicted octanol–water partition coefficient (Wildman–Crippen LogP) is 3.42. The van der Waals surface area contributed by atoms with E-state index in [2.05, 4.69) is 38.2 Å². The minimum Gasteiger partial charge on any atom is -0.386 e. The molecule has 0 atom stereocenters. The second kappa shape index (κ2) is 5.66. The van der Waals surface area contributed by atoms with Crippen LogP contribution in [0.3, 0.4) is 0 Å². The highest BCUT2D eigenvalue weighted by atomic mass is 32.1. The zero-order valence-electron chi connectivity index (χ0n) is 9.45. The molecule has 0 aliphatic heterocycles. The van der Waals surface area contributed by atoms with Crippen molar-refractivity contribution in [3.8, 4) is 0 Å². The normalized spacial score (nSPS) is 12.3. The number of thiocarbonyl (C=S) groups is 1. The van der Waals surface area contributed by atoms with Crippen LogP contribution in [0.2, 0.25) is 0 Å². The third kappa shape index (κ3) is 3.48. The summed E-state index contributed by atoms with van der Waals surface area (Å²) in [5.74, 6) is 0. The summed E-state index contributed by atoms with van der Waals surface area (Å²) < 4.78 is 0. The van der Waals surface area contributed by atoms with Crippen molar-refractivity contribution in [2.75, 3.05) is 0 Å². The van der Waals surface area contributed by atoms with Crippen LogP contribution in [0.15, 0.2) is 36.0 Å². The van der Waals surface area contributed by atoms with Crippen molar-refractivity contribution < 1.29 is 0 Å². The minimum atomic E-state index is 0.429. The van der Waals surface area contributed by atoms with E-state index in [1.807, 2.05) is 18.2 Å². The van der Waals surface area contributed by atoms with Crippen LogP contribution in [0, 0.1) is 0 Å². The highest BCUT2D eigenvalue weighted by Crippen LogP contribution is 2.15. The molecule has 0 bridgehead atoms. The number of benzene rings is 1. The van der Waals surface area contributed by atoms with Crippen molar-refractivity contribution in [3.63, 3.8) is 0 Å². The number of allylic oxidation sites excluding steroid dienone is 2. The molecule has 0 saturated heterocycles. The molecule has 1 nitrogen and oxygen atoms in total. The van der Waals surface area contributed by atoms with Crippen LogP contribution in [0.1, 0.15) is 26.3 Å². The monoisotopic (exact) mass is 219 g/mol. The van der Waals surface area contributed by atoms with Gasteiger partial charge in [-0.3, -0.25) is 0 Å². The Hall–Kier alpha value is -1.15. The first-order chi connectivity index (χ1) is 7.15. The molecule has 0 unspecified atom stereocenters. The summed E-state index contributed by atoms with van der Waals surface area (Å²) in [7, 11) is 0. The Morgan fingerprint density at radius 3 is 2.33 bits per heavy atom. The van der Waals surface area contributed by atoms with Gasteiger partial charge in [0.05, 0.1) is 0 Å². The molecule has 1 N–H and O–H groups in total. The van der Waals surface area contributed by atoms with E-state index in [0.717, 1.165) is 16.8 Å². The van der Waals surface area contributed by atoms with Gasteiger partial charge in [0.1, 0.15) is 0 Å². The van der Waals surface area contributed by atoms with E-state index in [-0.39, 0.29) is 0 Å². The standard InChI is InChI=1S/C13H17NS/c1-10(2)14-11(3)13(9-15)12-7-5-4-6-8-12/h4-10,14H,1-3H3. The molecule has 0 aromatic heterocycles. The fourth-order valence-corrected chi connectivity index (χ4v) is 1.81. The maximum Gasteiger partial charge on any atom is 0.0201 e. The lowest BCUT2D eigenvalue weighted by Gasteiger charge is -2.13. The van der Waals surface area contributed by atoms with E-state index in [1.54, 1.807) is 5.37 Å². The van der Waals surface area contributed by atoms with Gasteiger partial charge in [0.25, 0.3) is 0 Å². The Kier molecular flexibility index (Phi) is 4.50. The molecule has 15 heavy (non-hydrogen) atoms. The van der Waals surface area contributed by atoms with Gasteiger partial charge in [-0.05, 0) is 26.3 Å². The molecule has 1 aromatic carbocycles. The van der Waals surface area contributed by atoms with Crippen LogP contribution >= 0.6 is 12.2 Å². The first-order valence-corrected chi connectivity index (χ1v) is 5.60. The molecule has 0 saturated carbocycles. The molecule has 1 rings (SSSR count). The van der Waals surface area contributed by atoms with Crippen LogP contribution in [0.4, 0.5) is 0 Å². The summed E-state index contributed by atoms with van der Waals surface area (Å²) in [4.78, 5) is 0. The molecule has 80 valence electrons. The van der Waals surface area contributed by atoms with Gasteiger partial charge in [0.15, 0.2) is 0 Å². The first-order valence-electron chi connectivity index (χ1n) is 5.13. The van der Waals surface area contributed by atoms with Gasteiger partial charge in [0, 0.05) is 22.7 Å². The van der Waals surface area contributed by atoms with Crippen molar-refractivity contribution >= 4 is 23.2 Å². The third-order valence-corrected chi connectivity index (χ3v) is 2.35. The topological polar surface area (TPSA) is 12.0 Å². The maximum absolute atomic E-state index is 5.06. The summed E-state index contributed by atoms with van der Waals surface area (Å²) in [6, 6.07) is 10.6. The molecule has 0 radical (unpaired) electrons. The van der Waals surface area contributed by atoms with E-state index >= 15 is 0 Å². The van der Waals surface area contributed by atoms with Crippen molar-refractivity contribution in [1.82, 2.24) is 5.32 Å². The average molecular weight is 219 g/mol. The van der Waals surface area contributed by atoms with E-state index in [4.69, 9.17) is 12.2 Å². The lowest BCUT2D eigenvalue weighted by molar-refractivity contribution is 0.672. The molecular formula is C13H17NS. The molecule has 2 heteroatoms. The third-order valence-electron chi connectivity index (χ3n) is 2.11. The Morgan fingerprint density at radius 2 is 1.87 bits per heavy atom. The van der Waals surface area contributed by atoms with E-state index < -0.39 is 0 Å². The number of nitrogens with one attached hydrogen (secondary N) is 1. The largest absolute Gasteiger partial charge is 0.386 e. The summed E-state index contributed by atoms with van der Waals surface area (Å²) >= 11 is 5.06. The number of rotatable bonds is 4. The van der Waals surface area contributed by atoms with Crippen LogP contribution in [0.5, 0.6) is 0 Å². The van der Waals surface area contributed by atoms with Crippen LogP contribution in [0.25, 0.3) is 5.57 Å². The van der Waals surface area contributed by atoms with E-state index in [9.17, 15) is 0 Å². The Bertz CT molecular complexity index is 352. The van der Waals surface area contributed by atoms with Crippen LogP contribution in [-0.4, -0.2) is 11.4 Å². The summed E-state index contributed by atoms with van der Waals surface area (Å²) in [6.07, 6.45) is 0. The van der Waals surface area contributed by atoms with E-state index in [0.29, 0.717) is 6.04 Å². The smallest absolute Gasteiger partial charge is 0.0201 e. The second-order valence-electron chi connectivity index (χ2n) is 3.82. The first kappa shape index (κ1) is 11.9. The lowest BCUT2D eigenvalue weighted by atomic mass is 10.1. The zero-order valence-corrected chi connectivity index (χ0v) is 10.3. The number of hydrogen-bond donors (Lipinski definition) is 1. The quantitative estimate of drug-likeness (QED) is 0.615. The number of hydrogen-bond acceptors (Lipinski definition) is 2. The van der Waals surface area contributed by atoms with Crippen LogP contribution in [-0.2, 0) is 0 Å². The summed E-state index contributed by atoms with van der Waals surface area (Å²) in [6.45, 7) is 6.30. The molecule has 1 aromatic rings. The van der Waals surface area contributed by atoms with Crippen molar-refractivity contribution in [2.45, 2.75) is 26.8 Å². The van der Waals surface area contributed by atoms with Gasteiger partial charge in [-0.15, -0.1) is 0 Å². The Labute approximate surface area is 97.2 Å². The Morgan fingerprint density at radius 1 is 1.27 bits per heavy atom. The van der Waals surface area contributed by atoms with Gasteiger partial charge < -0.3 is 5.32 Å². The summed E-state index contributed by atoms with van der Waals surface area (Å²) in [5, 5.41) is 5.11. The molecule has 0 aliphatic carbocycles. The fourth-order valence-electron chi connectivity index (χ4n) is 1.50. The van der Waals surface area contributed by atoms with Gasteiger partial charge in [-0.1, -0.05) is 42.5 Å².